The Bertz CT molecular complexity index is 1030. The van der Waals surface area contributed by atoms with E-state index in [-0.39, 0.29) is 24.2 Å². The highest BCUT2D eigenvalue weighted by molar-refractivity contribution is 6.08. The third-order valence-electron chi connectivity index (χ3n) is 4.97. The molecule has 2 aromatic carbocycles. The second-order valence-electron chi connectivity index (χ2n) is 6.75. The van der Waals surface area contributed by atoms with Crippen LogP contribution in [-0.2, 0) is 25.5 Å². The van der Waals surface area contributed by atoms with Gasteiger partial charge in [-0.2, -0.15) is 0 Å². The third-order valence-corrected chi connectivity index (χ3v) is 4.97. The number of hydrogen-bond acceptors (Lipinski definition) is 8. The summed E-state index contributed by atoms with van der Waals surface area (Å²) in [6.45, 7) is 1.76. The van der Waals surface area contributed by atoms with Crippen LogP contribution < -0.4 is 19.9 Å². The summed E-state index contributed by atoms with van der Waals surface area (Å²) in [5.41, 5.74) is 5.93. The molecule has 0 aliphatic carbocycles. The molecular formula is C23H25NO7. The number of fused-ring (bicyclic) bond motifs is 1. The van der Waals surface area contributed by atoms with E-state index < -0.39 is 17.7 Å². The predicted octanol–water partition coefficient (Wildman–Crippen LogP) is 2.48. The van der Waals surface area contributed by atoms with Crippen LogP contribution in [0.1, 0.15) is 18.1 Å². The first-order chi connectivity index (χ1) is 14.9. The summed E-state index contributed by atoms with van der Waals surface area (Å²) in [5.74, 6) is 0.0258. The molecule has 164 valence electrons. The van der Waals surface area contributed by atoms with Crippen molar-refractivity contribution < 1.29 is 33.3 Å². The first-order valence-corrected chi connectivity index (χ1v) is 9.66. The lowest BCUT2D eigenvalue weighted by Crippen LogP contribution is -2.53. The van der Waals surface area contributed by atoms with Crippen LogP contribution in [0.2, 0.25) is 0 Å². The van der Waals surface area contributed by atoms with Gasteiger partial charge in [-0.3, -0.25) is 5.73 Å². The first-order valence-electron chi connectivity index (χ1n) is 9.66. The maximum absolute atomic E-state index is 12.9. The van der Waals surface area contributed by atoms with Gasteiger partial charge in [0.25, 0.3) is 5.72 Å². The Morgan fingerprint density at radius 2 is 1.81 bits per heavy atom. The number of rotatable bonds is 7. The smallest absolute Gasteiger partial charge is 0.371 e. The summed E-state index contributed by atoms with van der Waals surface area (Å²) in [7, 11) is 4.32. The number of nitrogens with two attached hydrogens (primary N) is 1. The fourth-order valence-corrected chi connectivity index (χ4v) is 3.55. The summed E-state index contributed by atoms with van der Waals surface area (Å²) in [5, 5.41) is 0. The lowest BCUT2D eigenvalue weighted by atomic mass is 9.89. The second kappa shape index (κ2) is 9.09. The van der Waals surface area contributed by atoms with Gasteiger partial charge in [-0.15, -0.1) is 0 Å². The van der Waals surface area contributed by atoms with E-state index in [2.05, 4.69) is 0 Å². The first kappa shape index (κ1) is 22.2. The molecule has 0 amide bonds. The van der Waals surface area contributed by atoms with Gasteiger partial charge >= 0.3 is 11.9 Å². The molecule has 0 spiro atoms. The fraction of sp³-hybridized carbons (Fsp3) is 0.304. The van der Waals surface area contributed by atoms with Crippen LogP contribution in [0.4, 0.5) is 0 Å². The predicted molar refractivity (Wildman–Crippen MR) is 113 cm³/mol. The van der Waals surface area contributed by atoms with Crippen LogP contribution in [0.15, 0.2) is 48.0 Å². The Labute approximate surface area is 180 Å². The van der Waals surface area contributed by atoms with Gasteiger partial charge in [0, 0.05) is 23.1 Å². The van der Waals surface area contributed by atoms with Crippen molar-refractivity contribution in [2.75, 3.05) is 27.9 Å². The van der Waals surface area contributed by atoms with Crippen LogP contribution in [0.3, 0.4) is 0 Å². The molecule has 0 fully saturated rings. The number of ether oxygens (including phenoxy) is 5. The number of carbonyl (C=O) groups excluding carboxylic acids is 2. The maximum atomic E-state index is 12.9. The van der Waals surface area contributed by atoms with Crippen molar-refractivity contribution in [3.05, 3.63) is 59.2 Å². The lowest BCUT2D eigenvalue weighted by molar-refractivity contribution is -0.155. The van der Waals surface area contributed by atoms with Crippen LogP contribution in [0.5, 0.6) is 17.2 Å². The van der Waals surface area contributed by atoms with E-state index in [0.717, 1.165) is 0 Å². The quantitative estimate of drug-likeness (QED) is 0.531. The number of hydrogen-bond donors (Lipinski definition) is 1. The molecule has 1 aliphatic heterocycles. The Morgan fingerprint density at radius 3 is 2.45 bits per heavy atom. The molecule has 1 atom stereocenters. The van der Waals surface area contributed by atoms with Crippen LogP contribution >= 0.6 is 0 Å². The van der Waals surface area contributed by atoms with Gasteiger partial charge < -0.3 is 23.7 Å². The molecule has 0 saturated carbocycles. The molecule has 0 radical (unpaired) electrons. The number of para-hydroxylation sites is 1. The molecule has 2 aromatic rings. The Hall–Kier alpha value is -3.52. The van der Waals surface area contributed by atoms with E-state index >= 15 is 0 Å². The van der Waals surface area contributed by atoms with E-state index in [1.165, 1.54) is 21.3 Å². The largest absolute Gasteiger partial charge is 0.497 e. The monoisotopic (exact) mass is 427 g/mol. The van der Waals surface area contributed by atoms with Gasteiger partial charge in [-0.25, -0.2) is 9.59 Å². The van der Waals surface area contributed by atoms with Crippen LogP contribution in [-0.4, -0.2) is 45.6 Å². The van der Waals surface area contributed by atoms with Crippen molar-refractivity contribution in [1.29, 1.82) is 0 Å². The molecule has 0 bridgehead atoms. The van der Waals surface area contributed by atoms with E-state index in [1.807, 2.05) is 0 Å². The van der Waals surface area contributed by atoms with Crippen molar-refractivity contribution in [3.8, 4) is 17.2 Å². The average Bonchev–Trinajstić information content (AvgIpc) is 3.09. The number of benzene rings is 2. The van der Waals surface area contributed by atoms with Crippen molar-refractivity contribution in [2.45, 2.75) is 19.1 Å². The summed E-state index contributed by atoms with van der Waals surface area (Å²) in [4.78, 5) is 25.8. The molecule has 1 heterocycles. The Kier molecular flexibility index (Phi) is 6.50. The molecular weight excluding hydrogens is 402 g/mol. The molecule has 3 rings (SSSR count). The van der Waals surface area contributed by atoms with Gasteiger partial charge in [0.15, 0.2) is 0 Å². The lowest BCUT2D eigenvalue weighted by Gasteiger charge is -2.25. The summed E-state index contributed by atoms with van der Waals surface area (Å²) < 4.78 is 26.8. The van der Waals surface area contributed by atoms with Crippen molar-refractivity contribution in [1.82, 2.24) is 0 Å². The van der Waals surface area contributed by atoms with Crippen molar-refractivity contribution in [2.24, 2.45) is 5.73 Å². The molecule has 1 unspecified atom stereocenters. The van der Waals surface area contributed by atoms with Gasteiger partial charge in [0.1, 0.15) is 17.2 Å². The number of esters is 2. The Balaban J connectivity index is 2.26. The van der Waals surface area contributed by atoms with Crippen molar-refractivity contribution in [3.63, 3.8) is 0 Å². The number of carbonyl (C=O) groups is 2. The molecule has 8 nitrogen and oxygen atoms in total. The van der Waals surface area contributed by atoms with E-state index in [9.17, 15) is 9.59 Å². The standard InChI is InChI=1S/C23H25NO7/c1-5-30-22(26)23(24)20(16-8-6-7-9-19(16)31-23)17(21(25)29-4)13-14-12-15(27-2)10-11-18(14)28-3/h6-12H,5,13,24H2,1-4H3/b20-17-. The van der Waals surface area contributed by atoms with Gasteiger partial charge in [-0.05, 0) is 31.2 Å². The molecule has 2 N–H and O–H groups in total. The molecule has 1 aliphatic rings. The van der Waals surface area contributed by atoms with Crippen LogP contribution in [0, 0.1) is 0 Å². The second-order valence-corrected chi connectivity index (χ2v) is 6.75. The van der Waals surface area contributed by atoms with Gasteiger partial charge in [0.2, 0.25) is 0 Å². The zero-order chi connectivity index (χ0) is 22.6. The summed E-state index contributed by atoms with van der Waals surface area (Å²) >= 11 is 0. The molecule has 31 heavy (non-hydrogen) atoms. The topological polar surface area (TPSA) is 106 Å². The summed E-state index contributed by atoms with van der Waals surface area (Å²) in [6.07, 6.45) is 0.0540. The van der Waals surface area contributed by atoms with Gasteiger partial charge in [0.05, 0.1) is 33.5 Å². The Morgan fingerprint density at radius 1 is 1.06 bits per heavy atom. The zero-order valence-corrected chi connectivity index (χ0v) is 17.9. The highest BCUT2D eigenvalue weighted by Crippen LogP contribution is 2.45. The highest BCUT2D eigenvalue weighted by Gasteiger charge is 2.51. The molecule has 0 saturated heterocycles. The summed E-state index contributed by atoms with van der Waals surface area (Å²) in [6, 6.07) is 12.1. The fourth-order valence-electron chi connectivity index (χ4n) is 3.55. The van der Waals surface area contributed by atoms with Crippen molar-refractivity contribution >= 4 is 17.5 Å². The minimum atomic E-state index is -2.00. The molecule has 0 aromatic heterocycles. The normalized spacial score (nSPS) is 18.5. The third kappa shape index (κ3) is 4.06. The highest BCUT2D eigenvalue weighted by atomic mass is 16.6. The maximum Gasteiger partial charge on any atom is 0.371 e. The SMILES string of the molecule is CCOC(=O)C1(N)Oc2ccccc2/C1=C(\Cc1cc(OC)ccc1OC)C(=O)OC. The van der Waals surface area contributed by atoms with E-state index in [0.29, 0.717) is 28.4 Å². The minimum Gasteiger partial charge on any atom is -0.497 e. The van der Waals surface area contributed by atoms with E-state index in [1.54, 1.807) is 49.4 Å². The van der Waals surface area contributed by atoms with Gasteiger partial charge in [-0.1, -0.05) is 18.2 Å². The average molecular weight is 427 g/mol. The minimum absolute atomic E-state index is 0.0540. The molecule has 8 heteroatoms. The van der Waals surface area contributed by atoms with Crippen LogP contribution in [0.25, 0.3) is 5.57 Å². The zero-order valence-electron chi connectivity index (χ0n) is 17.9. The number of methoxy groups -OCH3 is 3. The van der Waals surface area contributed by atoms with E-state index in [4.69, 9.17) is 29.4 Å².